The molecule has 0 amide bonds. The van der Waals surface area contributed by atoms with Crippen molar-refractivity contribution >= 4 is 16.7 Å². The highest BCUT2D eigenvalue weighted by molar-refractivity contribution is 5.96. The number of para-hydroxylation sites is 1. The molecule has 3 rings (SSSR count). The first-order chi connectivity index (χ1) is 10.3. The zero-order chi connectivity index (χ0) is 14.7. The van der Waals surface area contributed by atoms with Gasteiger partial charge in [0.25, 0.3) is 0 Å². The molecule has 0 radical (unpaired) electrons. The number of aromatic nitrogens is 1. The number of hydrogen-bond acceptors (Lipinski definition) is 2. The number of hydrogen-bond donors (Lipinski definition) is 0. The van der Waals surface area contributed by atoms with E-state index >= 15 is 0 Å². The van der Waals surface area contributed by atoms with Gasteiger partial charge < -0.3 is 4.90 Å². The van der Waals surface area contributed by atoms with Crippen LogP contribution in [0.1, 0.15) is 13.8 Å². The maximum Gasteiger partial charge on any atom is 0.129 e. The van der Waals surface area contributed by atoms with Crippen molar-refractivity contribution in [3.05, 3.63) is 60.7 Å². The van der Waals surface area contributed by atoms with Crippen molar-refractivity contribution in [2.24, 2.45) is 0 Å². The fourth-order valence-corrected chi connectivity index (χ4v) is 2.73. The molecular formula is C19H20N2. The summed E-state index contributed by atoms with van der Waals surface area (Å²) >= 11 is 0. The Morgan fingerprint density at radius 2 is 1.52 bits per heavy atom. The minimum absolute atomic E-state index is 0.968. The summed E-state index contributed by atoms with van der Waals surface area (Å²) in [6.07, 6.45) is 0. The van der Waals surface area contributed by atoms with Crippen LogP contribution in [-0.4, -0.2) is 18.1 Å². The van der Waals surface area contributed by atoms with Crippen molar-refractivity contribution in [2.75, 3.05) is 18.0 Å². The third kappa shape index (κ3) is 2.62. The van der Waals surface area contributed by atoms with Crippen LogP contribution in [0.5, 0.6) is 0 Å². The maximum absolute atomic E-state index is 4.83. The third-order valence-corrected chi connectivity index (χ3v) is 3.87. The fourth-order valence-electron chi connectivity index (χ4n) is 2.73. The summed E-state index contributed by atoms with van der Waals surface area (Å²) in [6, 6.07) is 21.1. The van der Waals surface area contributed by atoms with E-state index in [4.69, 9.17) is 4.98 Å². The topological polar surface area (TPSA) is 16.1 Å². The Morgan fingerprint density at radius 1 is 0.857 bits per heavy atom. The number of rotatable bonds is 4. The van der Waals surface area contributed by atoms with E-state index in [0.717, 1.165) is 24.4 Å². The van der Waals surface area contributed by atoms with Crippen LogP contribution in [0, 0.1) is 0 Å². The molecule has 106 valence electrons. The highest BCUT2D eigenvalue weighted by Gasteiger charge is 2.10. The van der Waals surface area contributed by atoms with Crippen molar-refractivity contribution in [1.29, 1.82) is 0 Å². The summed E-state index contributed by atoms with van der Waals surface area (Å²) in [5, 5.41) is 1.21. The van der Waals surface area contributed by atoms with E-state index in [1.54, 1.807) is 0 Å². The molecule has 0 aliphatic rings. The van der Waals surface area contributed by atoms with Gasteiger partial charge in [-0.15, -0.1) is 0 Å². The fraction of sp³-hybridized carbons (Fsp3) is 0.211. The van der Waals surface area contributed by atoms with Gasteiger partial charge in [0.15, 0.2) is 0 Å². The molecule has 0 bridgehead atoms. The normalized spacial score (nSPS) is 10.8. The Balaban J connectivity index is 2.26. The second kappa shape index (κ2) is 5.96. The molecule has 0 aliphatic carbocycles. The third-order valence-electron chi connectivity index (χ3n) is 3.87. The van der Waals surface area contributed by atoms with Crippen LogP contribution in [0.2, 0.25) is 0 Å². The molecule has 2 heteroatoms. The Morgan fingerprint density at radius 3 is 2.24 bits per heavy atom. The van der Waals surface area contributed by atoms with E-state index in [2.05, 4.69) is 79.4 Å². The highest BCUT2D eigenvalue weighted by atomic mass is 15.2. The van der Waals surface area contributed by atoms with Crippen molar-refractivity contribution in [2.45, 2.75) is 13.8 Å². The van der Waals surface area contributed by atoms with Gasteiger partial charge in [-0.1, -0.05) is 48.5 Å². The standard InChI is InChI=1S/C19H20N2/c1-3-21(4-2)19-14-17(15-10-6-5-7-11-15)16-12-8-9-13-18(16)20-19/h5-14H,3-4H2,1-2H3. The summed E-state index contributed by atoms with van der Waals surface area (Å²) < 4.78 is 0. The molecule has 2 nitrogen and oxygen atoms in total. The summed E-state index contributed by atoms with van der Waals surface area (Å²) in [4.78, 5) is 7.12. The number of nitrogens with zero attached hydrogens (tertiary/aromatic N) is 2. The van der Waals surface area contributed by atoms with Crippen molar-refractivity contribution in [3.63, 3.8) is 0 Å². The summed E-state index contributed by atoms with van der Waals surface area (Å²) in [5.41, 5.74) is 3.55. The molecule has 0 aliphatic heterocycles. The lowest BCUT2D eigenvalue weighted by molar-refractivity contribution is 0.850. The van der Waals surface area contributed by atoms with Crippen molar-refractivity contribution in [3.8, 4) is 11.1 Å². The minimum atomic E-state index is 0.968. The van der Waals surface area contributed by atoms with Gasteiger partial charge in [0, 0.05) is 18.5 Å². The average molecular weight is 276 g/mol. The van der Waals surface area contributed by atoms with Gasteiger partial charge in [-0.05, 0) is 37.1 Å². The van der Waals surface area contributed by atoms with Crippen LogP contribution in [-0.2, 0) is 0 Å². The smallest absolute Gasteiger partial charge is 0.129 e. The SMILES string of the molecule is CCN(CC)c1cc(-c2ccccc2)c2ccccc2n1. The molecule has 0 unspecified atom stereocenters. The highest BCUT2D eigenvalue weighted by Crippen LogP contribution is 2.31. The van der Waals surface area contributed by atoms with Crippen LogP contribution in [0.3, 0.4) is 0 Å². The summed E-state index contributed by atoms with van der Waals surface area (Å²) in [6.45, 7) is 6.28. The van der Waals surface area contributed by atoms with Gasteiger partial charge in [0.05, 0.1) is 5.52 Å². The Bertz CT molecular complexity index is 731. The molecule has 3 aromatic rings. The van der Waals surface area contributed by atoms with Crippen LogP contribution in [0.25, 0.3) is 22.0 Å². The molecule has 21 heavy (non-hydrogen) atoms. The van der Waals surface area contributed by atoms with E-state index in [1.165, 1.54) is 16.5 Å². The van der Waals surface area contributed by atoms with Crippen LogP contribution in [0.4, 0.5) is 5.82 Å². The predicted molar refractivity (Wildman–Crippen MR) is 90.7 cm³/mol. The zero-order valence-electron chi connectivity index (χ0n) is 12.6. The monoisotopic (exact) mass is 276 g/mol. The van der Waals surface area contributed by atoms with Gasteiger partial charge in [-0.2, -0.15) is 0 Å². The minimum Gasteiger partial charge on any atom is -0.357 e. The Kier molecular flexibility index (Phi) is 3.87. The van der Waals surface area contributed by atoms with E-state index in [-0.39, 0.29) is 0 Å². The quantitative estimate of drug-likeness (QED) is 0.683. The molecule has 0 saturated heterocycles. The first-order valence-corrected chi connectivity index (χ1v) is 7.53. The van der Waals surface area contributed by atoms with Crippen LogP contribution < -0.4 is 4.90 Å². The van der Waals surface area contributed by atoms with Gasteiger partial charge in [-0.25, -0.2) is 4.98 Å². The molecule has 0 N–H and O–H groups in total. The Hall–Kier alpha value is -2.35. The summed E-state index contributed by atoms with van der Waals surface area (Å²) in [5.74, 6) is 1.05. The van der Waals surface area contributed by atoms with Gasteiger partial charge in [0.2, 0.25) is 0 Å². The van der Waals surface area contributed by atoms with Crippen LogP contribution >= 0.6 is 0 Å². The molecule has 0 saturated carbocycles. The molecule has 0 fully saturated rings. The number of fused-ring (bicyclic) bond motifs is 1. The second-order valence-electron chi connectivity index (χ2n) is 5.08. The first kappa shape index (κ1) is 13.6. The van der Waals surface area contributed by atoms with Gasteiger partial charge in [0.1, 0.15) is 5.82 Å². The molecule has 1 aromatic heterocycles. The maximum atomic E-state index is 4.83. The van der Waals surface area contributed by atoms with E-state index in [1.807, 2.05) is 0 Å². The van der Waals surface area contributed by atoms with Crippen molar-refractivity contribution in [1.82, 2.24) is 4.98 Å². The molecule has 2 aromatic carbocycles. The van der Waals surface area contributed by atoms with Crippen molar-refractivity contribution < 1.29 is 0 Å². The lowest BCUT2D eigenvalue weighted by Crippen LogP contribution is -2.22. The average Bonchev–Trinajstić information content (AvgIpc) is 2.56. The predicted octanol–water partition coefficient (Wildman–Crippen LogP) is 4.75. The zero-order valence-corrected chi connectivity index (χ0v) is 12.6. The summed E-state index contributed by atoms with van der Waals surface area (Å²) in [7, 11) is 0. The number of pyridine rings is 1. The lowest BCUT2D eigenvalue weighted by Gasteiger charge is -2.21. The molecule has 0 atom stereocenters. The number of benzene rings is 2. The number of anilines is 1. The molecular weight excluding hydrogens is 256 g/mol. The Labute approximate surface area is 126 Å². The second-order valence-corrected chi connectivity index (χ2v) is 5.08. The first-order valence-electron chi connectivity index (χ1n) is 7.53. The van der Waals surface area contributed by atoms with E-state index < -0.39 is 0 Å². The largest absolute Gasteiger partial charge is 0.357 e. The van der Waals surface area contributed by atoms with Crippen LogP contribution in [0.15, 0.2) is 60.7 Å². The van der Waals surface area contributed by atoms with Gasteiger partial charge in [-0.3, -0.25) is 0 Å². The lowest BCUT2D eigenvalue weighted by atomic mass is 10.0. The van der Waals surface area contributed by atoms with Gasteiger partial charge >= 0.3 is 0 Å². The molecule has 1 heterocycles. The van der Waals surface area contributed by atoms with E-state index in [0.29, 0.717) is 0 Å². The van der Waals surface area contributed by atoms with E-state index in [9.17, 15) is 0 Å². The molecule has 0 spiro atoms.